The molecule has 2 unspecified atom stereocenters. The fourth-order valence-corrected chi connectivity index (χ4v) is 2.43. The number of aryl methyl sites for hydroxylation is 1. The van der Waals surface area contributed by atoms with Gasteiger partial charge in [0.05, 0.1) is 12.1 Å². The average molecular weight is 264 g/mol. The van der Waals surface area contributed by atoms with Crippen molar-refractivity contribution in [1.29, 1.82) is 0 Å². The Kier molecular flexibility index (Phi) is 4.74. The normalized spacial score (nSPS) is 23.0. The van der Waals surface area contributed by atoms with E-state index in [1.165, 1.54) is 10.6 Å². The molecule has 5 nitrogen and oxygen atoms in total. The number of aliphatic hydroxyl groups excluding tert-OH is 1. The SMILES string of the molecule is O=C(CCn1ccccc1=O)NC1CCCCC1O. The maximum Gasteiger partial charge on any atom is 0.250 e. The molecule has 0 radical (unpaired) electrons. The van der Waals surface area contributed by atoms with Crippen molar-refractivity contribution in [2.75, 3.05) is 0 Å². The first-order valence-corrected chi connectivity index (χ1v) is 6.80. The molecule has 1 aliphatic rings. The molecule has 2 rings (SSSR count). The molecule has 0 aliphatic heterocycles. The van der Waals surface area contributed by atoms with E-state index in [0.717, 1.165) is 25.7 Å². The summed E-state index contributed by atoms with van der Waals surface area (Å²) in [6.45, 7) is 0.369. The number of amides is 1. The van der Waals surface area contributed by atoms with Crippen LogP contribution in [-0.2, 0) is 11.3 Å². The first-order chi connectivity index (χ1) is 9.16. The van der Waals surface area contributed by atoms with E-state index in [-0.39, 0.29) is 23.9 Å². The zero-order valence-electron chi connectivity index (χ0n) is 10.9. The summed E-state index contributed by atoms with van der Waals surface area (Å²) < 4.78 is 1.51. The van der Waals surface area contributed by atoms with Crippen LogP contribution >= 0.6 is 0 Å². The van der Waals surface area contributed by atoms with Crippen molar-refractivity contribution < 1.29 is 9.90 Å². The molecular weight excluding hydrogens is 244 g/mol. The van der Waals surface area contributed by atoms with E-state index in [1.54, 1.807) is 18.3 Å². The molecule has 1 fully saturated rings. The number of hydrogen-bond donors (Lipinski definition) is 2. The largest absolute Gasteiger partial charge is 0.391 e. The van der Waals surface area contributed by atoms with E-state index >= 15 is 0 Å². The Morgan fingerprint density at radius 3 is 2.89 bits per heavy atom. The lowest BCUT2D eigenvalue weighted by Crippen LogP contribution is -2.45. The fourth-order valence-electron chi connectivity index (χ4n) is 2.43. The molecule has 104 valence electrons. The Morgan fingerprint density at radius 1 is 1.37 bits per heavy atom. The number of nitrogens with zero attached hydrogens (tertiary/aromatic N) is 1. The first-order valence-electron chi connectivity index (χ1n) is 6.80. The summed E-state index contributed by atoms with van der Waals surface area (Å²) in [6, 6.07) is 4.79. The van der Waals surface area contributed by atoms with Crippen LogP contribution in [0.2, 0.25) is 0 Å². The van der Waals surface area contributed by atoms with Gasteiger partial charge in [0.1, 0.15) is 0 Å². The van der Waals surface area contributed by atoms with Crippen molar-refractivity contribution in [2.45, 2.75) is 50.8 Å². The van der Waals surface area contributed by atoms with Crippen LogP contribution in [0.1, 0.15) is 32.1 Å². The van der Waals surface area contributed by atoms with Gasteiger partial charge in [0.2, 0.25) is 5.91 Å². The molecule has 1 aromatic rings. The summed E-state index contributed by atoms with van der Waals surface area (Å²) in [4.78, 5) is 23.3. The second kappa shape index (κ2) is 6.52. The van der Waals surface area contributed by atoms with Gasteiger partial charge in [0, 0.05) is 25.2 Å². The fraction of sp³-hybridized carbons (Fsp3) is 0.571. The number of pyridine rings is 1. The monoisotopic (exact) mass is 264 g/mol. The van der Waals surface area contributed by atoms with Gasteiger partial charge in [0.25, 0.3) is 5.56 Å². The van der Waals surface area contributed by atoms with Crippen molar-refractivity contribution >= 4 is 5.91 Å². The summed E-state index contributed by atoms with van der Waals surface area (Å²) in [7, 11) is 0. The third-order valence-electron chi connectivity index (χ3n) is 3.55. The molecule has 5 heteroatoms. The van der Waals surface area contributed by atoms with Crippen LogP contribution in [0.25, 0.3) is 0 Å². The number of hydrogen-bond acceptors (Lipinski definition) is 3. The molecule has 1 aliphatic carbocycles. The smallest absolute Gasteiger partial charge is 0.250 e. The van der Waals surface area contributed by atoms with Crippen molar-refractivity contribution in [3.8, 4) is 0 Å². The predicted molar refractivity (Wildman–Crippen MR) is 71.7 cm³/mol. The van der Waals surface area contributed by atoms with Crippen molar-refractivity contribution in [3.63, 3.8) is 0 Å². The van der Waals surface area contributed by atoms with Gasteiger partial charge in [-0.15, -0.1) is 0 Å². The number of nitrogens with one attached hydrogen (secondary N) is 1. The van der Waals surface area contributed by atoms with Gasteiger partial charge < -0.3 is 15.0 Å². The molecule has 0 aromatic carbocycles. The summed E-state index contributed by atoms with van der Waals surface area (Å²) in [5, 5.41) is 12.6. The summed E-state index contributed by atoms with van der Waals surface area (Å²) in [5.74, 6) is -0.110. The Balaban J connectivity index is 1.81. The number of aliphatic hydroxyl groups is 1. The molecule has 0 spiro atoms. The third kappa shape index (κ3) is 3.92. The Labute approximate surface area is 112 Å². The van der Waals surface area contributed by atoms with Gasteiger partial charge >= 0.3 is 0 Å². The minimum Gasteiger partial charge on any atom is -0.391 e. The minimum absolute atomic E-state index is 0.104. The Hall–Kier alpha value is -1.62. The van der Waals surface area contributed by atoms with E-state index in [9.17, 15) is 14.7 Å². The van der Waals surface area contributed by atoms with Crippen LogP contribution in [0, 0.1) is 0 Å². The molecular formula is C14H20N2O3. The number of carbonyl (C=O) groups is 1. The van der Waals surface area contributed by atoms with Crippen LogP contribution in [-0.4, -0.2) is 27.7 Å². The van der Waals surface area contributed by atoms with Crippen molar-refractivity contribution in [1.82, 2.24) is 9.88 Å². The Bertz CT molecular complexity index is 484. The highest BCUT2D eigenvalue weighted by Gasteiger charge is 2.24. The zero-order valence-corrected chi connectivity index (χ0v) is 10.9. The second-order valence-corrected chi connectivity index (χ2v) is 5.01. The molecule has 0 bridgehead atoms. The third-order valence-corrected chi connectivity index (χ3v) is 3.55. The molecule has 1 aromatic heterocycles. The zero-order chi connectivity index (χ0) is 13.7. The van der Waals surface area contributed by atoms with Crippen molar-refractivity contribution in [3.05, 3.63) is 34.7 Å². The topological polar surface area (TPSA) is 71.3 Å². The summed E-state index contributed by atoms with van der Waals surface area (Å²) in [6.07, 6.45) is 5.14. The summed E-state index contributed by atoms with van der Waals surface area (Å²) >= 11 is 0. The second-order valence-electron chi connectivity index (χ2n) is 5.01. The molecule has 1 amide bonds. The first kappa shape index (κ1) is 13.8. The van der Waals surface area contributed by atoms with Crippen LogP contribution in [0.4, 0.5) is 0 Å². The van der Waals surface area contributed by atoms with Gasteiger partial charge in [-0.2, -0.15) is 0 Å². The van der Waals surface area contributed by atoms with E-state index in [2.05, 4.69) is 5.32 Å². The highest BCUT2D eigenvalue weighted by Crippen LogP contribution is 2.18. The molecule has 19 heavy (non-hydrogen) atoms. The Morgan fingerprint density at radius 2 is 2.16 bits per heavy atom. The average Bonchev–Trinajstić information content (AvgIpc) is 2.40. The summed E-state index contributed by atoms with van der Waals surface area (Å²) in [5.41, 5.74) is -0.104. The van der Waals surface area contributed by atoms with E-state index < -0.39 is 6.10 Å². The van der Waals surface area contributed by atoms with Gasteiger partial charge in [-0.1, -0.05) is 18.9 Å². The highest BCUT2D eigenvalue weighted by molar-refractivity contribution is 5.76. The highest BCUT2D eigenvalue weighted by atomic mass is 16.3. The standard InChI is InChI=1S/C14H20N2O3/c17-12-6-2-1-5-11(12)15-13(18)8-10-16-9-4-3-7-14(16)19/h3-4,7,9,11-12,17H,1-2,5-6,8,10H2,(H,15,18). The van der Waals surface area contributed by atoms with Gasteiger partial charge in [-0.3, -0.25) is 9.59 Å². The van der Waals surface area contributed by atoms with Crippen LogP contribution in [0.15, 0.2) is 29.2 Å². The number of aromatic nitrogens is 1. The van der Waals surface area contributed by atoms with Gasteiger partial charge in [-0.25, -0.2) is 0 Å². The van der Waals surface area contributed by atoms with Crippen molar-refractivity contribution in [2.24, 2.45) is 0 Å². The number of carbonyl (C=O) groups excluding carboxylic acids is 1. The molecule has 2 atom stereocenters. The predicted octanol–water partition coefficient (Wildman–Crippen LogP) is 0.658. The van der Waals surface area contributed by atoms with E-state index in [0.29, 0.717) is 6.54 Å². The molecule has 0 saturated heterocycles. The minimum atomic E-state index is -0.433. The molecule has 1 heterocycles. The van der Waals surface area contributed by atoms with E-state index in [1.807, 2.05) is 0 Å². The maximum atomic E-state index is 11.8. The lowest BCUT2D eigenvalue weighted by atomic mass is 9.92. The maximum absolute atomic E-state index is 11.8. The van der Waals surface area contributed by atoms with E-state index in [4.69, 9.17) is 0 Å². The quantitative estimate of drug-likeness (QED) is 0.839. The van der Waals surface area contributed by atoms with Crippen LogP contribution in [0.5, 0.6) is 0 Å². The lowest BCUT2D eigenvalue weighted by Gasteiger charge is -2.28. The molecule has 2 N–H and O–H groups in total. The molecule has 1 saturated carbocycles. The van der Waals surface area contributed by atoms with Gasteiger partial charge in [0.15, 0.2) is 0 Å². The van der Waals surface area contributed by atoms with Gasteiger partial charge in [-0.05, 0) is 18.9 Å². The number of rotatable bonds is 4. The van der Waals surface area contributed by atoms with Crippen LogP contribution < -0.4 is 10.9 Å². The van der Waals surface area contributed by atoms with Crippen LogP contribution in [0.3, 0.4) is 0 Å². The lowest BCUT2D eigenvalue weighted by molar-refractivity contribution is -0.123.